The summed E-state index contributed by atoms with van der Waals surface area (Å²) in [6.45, 7) is 2.51. The summed E-state index contributed by atoms with van der Waals surface area (Å²) < 4.78 is 38.0. The smallest absolute Gasteiger partial charge is 0.398 e. The Morgan fingerprint density at radius 1 is 1.25 bits per heavy atom. The summed E-state index contributed by atoms with van der Waals surface area (Å²) in [6, 6.07) is 3.35. The first-order valence-corrected chi connectivity index (χ1v) is 6.61. The zero-order valence-corrected chi connectivity index (χ0v) is 11.4. The number of unbranched alkanes of at least 4 members (excludes halogenated alkanes) is 3. The zero-order valence-electron chi connectivity index (χ0n) is 11.4. The van der Waals surface area contributed by atoms with Gasteiger partial charge in [-0.25, -0.2) is 0 Å². The predicted molar refractivity (Wildman–Crippen MR) is 72.3 cm³/mol. The summed E-state index contributed by atoms with van der Waals surface area (Å²) in [5.74, 6) is -0.565. The third kappa shape index (κ3) is 4.43. The van der Waals surface area contributed by atoms with Gasteiger partial charge in [0.05, 0.1) is 16.8 Å². The molecule has 0 unspecified atom stereocenters. The van der Waals surface area contributed by atoms with Gasteiger partial charge in [0.25, 0.3) is 5.91 Å². The van der Waals surface area contributed by atoms with Crippen molar-refractivity contribution in [1.82, 2.24) is 5.32 Å². The number of alkyl halides is 3. The molecule has 20 heavy (non-hydrogen) atoms. The summed E-state index contributed by atoms with van der Waals surface area (Å²) in [4.78, 5) is 11.8. The number of nitrogens with two attached hydrogens (primary N) is 1. The van der Waals surface area contributed by atoms with Crippen molar-refractivity contribution in [3.63, 3.8) is 0 Å². The molecule has 6 heteroatoms. The summed E-state index contributed by atoms with van der Waals surface area (Å²) in [7, 11) is 0. The first-order valence-electron chi connectivity index (χ1n) is 6.61. The SMILES string of the molecule is CCCCCCNC(=O)c1cccc(C(F)(F)F)c1N. The topological polar surface area (TPSA) is 55.1 Å². The van der Waals surface area contributed by atoms with Gasteiger partial charge in [0.15, 0.2) is 0 Å². The fourth-order valence-electron chi connectivity index (χ4n) is 1.86. The van der Waals surface area contributed by atoms with Crippen LogP contribution in [0.5, 0.6) is 0 Å². The van der Waals surface area contributed by atoms with Gasteiger partial charge in [-0.3, -0.25) is 4.79 Å². The van der Waals surface area contributed by atoms with Crippen molar-refractivity contribution in [3.8, 4) is 0 Å². The van der Waals surface area contributed by atoms with E-state index >= 15 is 0 Å². The molecular weight excluding hydrogens is 269 g/mol. The molecule has 3 nitrogen and oxygen atoms in total. The van der Waals surface area contributed by atoms with E-state index in [1.54, 1.807) is 0 Å². The largest absolute Gasteiger partial charge is 0.418 e. The number of amides is 1. The Balaban J connectivity index is 2.69. The highest BCUT2D eigenvalue weighted by Crippen LogP contribution is 2.34. The van der Waals surface area contributed by atoms with Gasteiger partial charge in [0.2, 0.25) is 0 Å². The molecule has 0 aliphatic rings. The molecule has 112 valence electrons. The van der Waals surface area contributed by atoms with Crippen LogP contribution < -0.4 is 11.1 Å². The number of para-hydroxylation sites is 1. The highest BCUT2D eigenvalue weighted by Gasteiger charge is 2.34. The van der Waals surface area contributed by atoms with Crippen LogP contribution in [0.25, 0.3) is 0 Å². The number of nitrogen functional groups attached to an aromatic ring is 1. The van der Waals surface area contributed by atoms with Gasteiger partial charge in [0, 0.05) is 6.54 Å². The van der Waals surface area contributed by atoms with E-state index in [1.807, 2.05) is 0 Å². The van der Waals surface area contributed by atoms with Crippen molar-refractivity contribution < 1.29 is 18.0 Å². The van der Waals surface area contributed by atoms with E-state index in [-0.39, 0.29) is 5.56 Å². The summed E-state index contributed by atoms with van der Waals surface area (Å²) in [6.07, 6.45) is -0.620. The Morgan fingerprint density at radius 3 is 2.55 bits per heavy atom. The van der Waals surface area contributed by atoms with Crippen LogP contribution >= 0.6 is 0 Å². The van der Waals surface area contributed by atoms with E-state index in [0.717, 1.165) is 31.7 Å². The van der Waals surface area contributed by atoms with E-state index in [9.17, 15) is 18.0 Å². The number of hydrogen-bond acceptors (Lipinski definition) is 2. The Labute approximate surface area is 116 Å². The minimum Gasteiger partial charge on any atom is -0.398 e. The van der Waals surface area contributed by atoms with Crippen LogP contribution in [0, 0.1) is 0 Å². The van der Waals surface area contributed by atoms with Gasteiger partial charge < -0.3 is 11.1 Å². The molecule has 0 saturated carbocycles. The number of halogens is 3. The van der Waals surface area contributed by atoms with Gasteiger partial charge in [-0.05, 0) is 18.6 Å². The molecule has 0 atom stereocenters. The molecule has 1 aromatic rings. The average Bonchev–Trinajstić information content (AvgIpc) is 2.37. The molecule has 1 aromatic carbocycles. The van der Waals surface area contributed by atoms with Crippen LogP contribution in [0.2, 0.25) is 0 Å². The third-order valence-electron chi connectivity index (χ3n) is 2.97. The summed E-state index contributed by atoms with van der Waals surface area (Å²) in [5.41, 5.74) is 3.81. The van der Waals surface area contributed by atoms with E-state index < -0.39 is 23.3 Å². The molecule has 0 aliphatic carbocycles. The second-order valence-electron chi connectivity index (χ2n) is 4.58. The van der Waals surface area contributed by atoms with Crippen LogP contribution in [-0.4, -0.2) is 12.5 Å². The molecule has 0 heterocycles. The third-order valence-corrected chi connectivity index (χ3v) is 2.97. The molecule has 0 aliphatic heterocycles. The lowest BCUT2D eigenvalue weighted by molar-refractivity contribution is -0.136. The Morgan fingerprint density at radius 2 is 1.95 bits per heavy atom. The Kier molecular flexibility index (Phi) is 5.85. The molecule has 0 spiro atoms. The number of benzene rings is 1. The van der Waals surface area contributed by atoms with Gasteiger partial charge in [0.1, 0.15) is 0 Å². The van der Waals surface area contributed by atoms with Gasteiger partial charge in [-0.1, -0.05) is 32.3 Å². The van der Waals surface area contributed by atoms with E-state index in [2.05, 4.69) is 12.2 Å². The number of carbonyl (C=O) groups is 1. The number of anilines is 1. The fraction of sp³-hybridized carbons (Fsp3) is 0.500. The standard InChI is InChI=1S/C14H19F3N2O/c1-2-3-4-5-9-19-13(20)10-7-6-8-11(12(10)18)14(15,16)17/h6-8H,2-5,9,18H2,1H3,(H,19,20). The van der Waals surface area contributed by atoms with E-state index in [0.29, 0.717) is 6.54 Å². The minimum atomic E-state index is -4.55. The lowest BCUT2D eigenvalue weighted by atomic mass is 10.1. The molecule has 1 rings (SSSR count). The maximum absolute atomic E-state index is 12.7. The number of nitrogens with one attached hydrogen (secondary N) is 1. The van der Waals surface area contributed by atoms with Crippen LogP contribution in [0.15, 0.2) is 18.2 Å². The van der Waals surface area contributed by atoms with Crippen molar-refractivity contribution in [3.05, 3.63) is 29.3 Å². The highest BCUT2D eigenvalue weighted by atomic mass is 19.4. The van der Waals surface area contributed by atoms with Crippen LogP contribution in [0.3, 0.4) is 0 Å². The van der Waals surface area contributed by atoms with Gasteiger partial charge in [-0.2, -0.15) is 13.2 Å². The summed E-state index contributed by atoms with van der Waals surface area (Å²) in [5, 5.41) is 2.59. The van der Waals surface area contributed by atoms with Crippen molar-refractivity contribution in [2.24, 2.45) is 0 Å². The highest BCUT2D eigenvalue weighted by molar-refractivity contribution is 5.99. The number of rotatable bonds is 6. The molecule has 0 bridgehead atoms. The van der Waals surface area contributed by atoms with Gasteiger partial charge >= 0.3 is 6.18 Å². The summed E-state index contributed by atoms with van der Waals surface area (Å²) >= 11 is 0. The monoisotopic (exact) mass is 288 g/mol. The molecule has 0 saturated heterocycles. The molecule has 0 fully saturated rings. The predicted octanol–water partition coefficient (Wildman–Crippen LogP) is 3.60. The second kappa shape index (κ2) is 7.17. The van der Waals surface area contributed by atoms with Crippen LogP contribution in [0.1, 0.15) is 48.5 Å². The fourth-order valence-corrected chi connectivity index (χ4v) is 1.86. The minimum absolute atomic E-state index is 0.129. The van der Waals surface area contributed by atoms with E-state index in [1.165, 1.54) is 12.1 Å². The van der Waals surface area contributed by atoms with Crippen molar-refractivity contribution in [1.29, 1.82) is 0 Å². The average molecular weight is 288 g/mol. The zero-order chi connectivity index (χ0) is 15.2. The molecule has 3 N–H and O–H groups in total. The molecular formula is C14H19F3N2O. The van der Waals surface area contributed by atoms with Crippen molar-refractivity contribution in [2.75, 3.05) is 12.3 Å². The first kappa shape index (κ1) is 16.3. The molecule has 0 radical (unpaired) electrons. The Bertz CT molecular complexity index is 458. The number of carbonyl (C=O) groups excluding carboxylic acids is 1. The van der Waals surface area contributed by atoms with Gasteiger partial charge in [-0.15, -0.1) is 0 Å². The maximum atomic E-state index is 12.7. The maximum Gasteiger partial charge on any atom is 0.418 e. The van der Waals surface area contributed by atoms with Crippen molar-refractivity contribution in [2.45, 2.75) is 38.8 Å². The van der Waals surface area contributed by atoms with Crippen LogP contribution in [0.4, 0.5) is 18.9 Å². The van der Waals surface area contributed by atoms with Crippen molar-refractivity contribution >= 4 is 11.6 Å². The second-order valence-corrected chi connectivity index (χ2v) is 4.58. The lowest BCUT2D eigenvalue weighted by Crippen LogP contribution is -2.26. The first-order chi connectivity index (χ1) is 9.38. The number of hydrogen-bond donors (Lipinski definition) is 2. The lowest BCUT2D eigenvalue weighted by Gasteiger charge is -2.13. The molecule has 1 amide bonds. The normalized spacial score (nSPS) is 11.4. The molecule has 0 aromatic heterocycles. The quantitative estimate of drug-likeness (QED) is 0.620. The van der Waals surface area contributed by atoms with Crippen LogP contribution in [-0.2, 0) is 6.18 Å². The Hall–Kier alpha value is -1.72. The van der Waals surface area contributed by atoms with E-state index in [4.69, 9.17) is 5.73 Å².